The standard InChI is InChI=1S/C33H26ClN3O3/c1-2-40-33(39)26-15-19-29(20-16-26)37-30(23-9-5-3-6-10-23)21-27(31(37)24-11-7-4-8-12-24)22-35-36-32(38)25-13-17-28(34)18-14-25/h3-22H,2H2,1H3,(H,36,38)/b35-22-. The zero-order valence-corrected chi connectivity index (χ0v) is 22.5. The molecule has 6 nitrogen and oxygen atoms in total. The first-order valence-corrected chi connectivity index (χ1v) is 13.2. The number of nitrogens with one attached hydrogen (secondary N) is 1. The van der Waals surface area contributed by atoms with Crippen molar-refractivity contribution in [1.82, 2.24) is 9.99 Å². The van der Waals surface area contributed by atoms with E-state index in [0.717, 1.165) is 33.8 Å². The Kier molecular flexibility index (Phi) is 8.18. The van der Waals surface area contributed by atoms with Crippen LogP contribution in [0, 0.1) is 0 Å². The van der Waals surface area contributed by atoms with Gasteiger partial charge < -0.3 is 9.30 Å². The van der Waals surface area contributed by atoms with Crippen LogP contribution in [-0.4, -0.2) is 29.3 Å². The van der Waals surface area contributed by atoms with Crippen molar-refractivity contribution in [2.24, 2.45) is 5.10 Å². The number of rotatable bonds is 8. The van der Waals surface area contributed by atoms with E-state index in [2.05, 4.69) is 15.1 Å². The van der Waals surface area contributed by atoms with Gasteiger partial charge in [0.05, 0.1) is 29.8 Å². The number of carbonyl (C=O) groups excluding carboxylic acids is 2. The Morgan fingerprint density at radius 1 is 0.825 bits per heavy atom. The van der Waals surface area contributed by atoms with Gasteiger partial charge in [0.1, 0.15) is 0 Å². The van der Waals surface area contributed by atoms with Crippen LogP contribution in [0.15, 0.2) is 120 Å². The predicted octanol–water partition coefficient (Wildman–Crippen LogP) is 7.41. The maximum Gasteiger partial charge on any atom is 0.338 e. The number of benzene rings is 4. The summed E-state index contributed by atoms with van der Waals surface area (Å²) in [5.41, 5.74) is 8.97. The molecule has 5 rings (SSSR count). The average molecular weight is 548 g/mol. The number of esters is 1. The summed E-state index contributed by atoms with van der Waals surface area (Å²) in [6, 6.07) is 35.9. The Morgan fingerprint density at radius 3 is 2.05 bits per heavy atom. The minimum Gasteiger partial charge on any atom is -0.462 e. The molecule has 0 aliphatic heterocycles. The summed E-state index contributed by atoms with van der Waals surface area (Å²) in [4.78, 5) is 24.9. The van der Waals surface area contributed by atoms with E-state index in [4.69, 9.17) is 16.3 Å². The summed E-state index contributed by atoms with van der Waals surface area (Å²) in [7, 11) is 0. The van der Waals surface area contributed by atoms with E-state index in [1.807, 2.05) is 78.9 Å². The lowest BCUT2D eigenvalue weighted by atomic mass is 10.1. The summed E-state index contributed by atoms with van der Waals surface area (Å²) < 4.78 is 7.29. The SMILES string of the molecule is CCOC(=O)c1ccc(-n2c(-c3ccccc3)cc(/C=N\NC(=O)c3ccc(Cl)cc3)c2-c2ccccc2)cc1. The number of carbonyl (C=O) groups is 2. The highest BCUT2D eigenvalue weighted by atomic mass is 35.5. The maximum atomic E-state index is 12.6. The van der Waals surface area contributed by atoms with Gasteiger partial charge in [0, 0.05) is 21.8 Å². The van der Waals surface area contributed by atoms with Gasteiger partial charge in [0.2, 0.25) is 0 Å². The molecule has 0 saturated carbocycles. The second-order valence-electron chi connectivity index (χ2n) is 8.87. The molecule has 0 fully saturated rings. The van der Waals surface area contributed by atoms with E-state index in [1.165, 1.54) is 0 Å². The van der Waals surface area contributed by atoms with Crippen LogP contribution in [-0.2, 0) is 4.74 Å². The molecule has 0 aliphatic rings. The average Bonchev–Trinajstić information content (AvgIpc) is 3.38. The Balaban J connectivity index is 1.61. The van der Waals surface area contributed by atoms with Gasteiger partial charge in [0.25, 0.3) is 5.91 Å². The lowest BCUT2D eigenvalue weighted by molar-refractivity contribution is 0.0526. The molecule has 0 saturated heterocycles. The number of aromatic nitrogens is 1. The third-order valence-electron chi connectivity index (χ3n) is 6.26. The van der Waals surface area contributed by atoms with Crippen LogP contribution in [0.1, 0.15) is 33.2 Å². The first-order chi connectivity index (χ1) is 19.5. The van der Waals surface area contributed by atoms with Crippen molar-refractivity contribution in [3.8, 4) is 28.2 Å². The fraction of sp³-hybridized carbons (Fsp3) is 0.0606. The van der Waals surface area contributed by atoms with Crippen LogP contribution in [0.3, 0.4) is 0 Å². The highest BCUT2D eigenvalue weighted by molar-refractivity contribution is 6.30. The van der Waals surface area contributed by atoms with Crippen molar-refractivity contribution in [2.75, 3.05) is 6.61 Å². The Morgan fingerprint density at radius 2 is 1.43 bits per heavy atom. The number of amides is 1. The molecule has 0 radical (unpaired) electrons. The molecule has 198 valence electrons. The quantitative estimate of drug-likeness (QED) is 0.125. The van der Waals surface area contributed by atoms with Crippen LogP contribution in [0.5, 0.6) is 0 Å². The first-order valence-electron chi connectivity index (χ1n) is 12.8. The number of halogens is 1. The summed E-state index contributed by atoms with van der Waals surface area (Å²) in [5, 5.41) is 4.85. The van der Waals surface area contributed by atoms with Crippen LogP contribution < -0.4 is 5.43 Å². The minimum atomic E-state index is -0.364. The van der Waals surface area contributed by atoms with Crippen LogP contribution >= 0.6 is 11.6 Å². The smallest absolute Gasteiger partial charge is 0.338 e. The molecule has 0 bridgehead atoms. The number of nitrogens with zero attached hydrogens (tertiary/aromatic N) is 2. The highest BCUT2D eigenvalue weighted by Gasteiger charge is 2.19. The Labute approximate surface area is 237 Å². The molecular formula is C33H26ClN3O3. The van der Waals surface area contributed by atoms with Gasteiger partial charge in [0.15, 0.2) is 0 Å². The topological polar surface area (TPSA) is 72.7 Å². The molecule has 0 unspecified atom stereocenters. The van der Waals surface area contributed by atoms with Crippen LogP contribution in [0.4, 0.5) is 0 Å². The van der Waals surface area contributed by atoms with E-state index in [-0.39, 0.29) is 11.9 Å². The molecule has 1 aromatic heterocycles. The largest absolute Gasteiger partial charge is 0.462 e. The molecule has 40 heavy (non-hydrogen) atoms. The van der Waals surface area contributed by atoms with Gasteiger partial charge in [-0.25, -0.2) is 10.2 Å². The molecule has 1 N–H and O–H groups in total. The third-order valence-corrected chi connectivity index (χ3v) is 6.51. The summed E-state index contributed by atoms with van der Waals surface area (Å²) in [6.45, 7) is 2.09. The van der Waals surface area contributed by atoms with Crippen molar-refractivity contribution in [1.29, 1.82) is 0 Å². The molecule has 0 spiro atoms. The van der Waals surface area contributed by atoms with Crippen molar-refractivity contribution in [2.45, 2.75) is 6.92 Å². The Hall–Kier alpha value is -4.94. The molecule has 1 amide bonds. The monoisotopic (exact) mass is 547 g/mol. The Bertz CT molecular complexity index is 1640. The van der Waals surface area contributed by atoms with Gasteiger partial charge in [-0.2, -0.15) is 5.10 Å². The van der Waals surface area contributed by atoms with Gasteiger partial charge in [-0.3, -0.25) is 4.79 Å². The molecule has 5 aromatic rings. The zero-order valence-electron chi connectivity index (χ0n) is 21.8. The van der Waals surface area contributed by atoms with Gasteiger partial charge in [-0.1, -0.05) is 72.3 Å². The second kappa shape index (κ2) is 12.3. The number of hydrogen-bond donors (Lipinski definition) is 1. The first kappa shape index (κ1) is 26.7. The van der Waals surface area contributed by atoms with Crippen LogP contribution in [0.2, 0.25) is 5.02 Å². The zero-order chi connectivity index (χ0) is 27.9. The fourth-order valence-corrected chi connectivity index (χ4v) is 4.52. The van der Waals surface area contributed by atoms with Crippen LogP contribution in [0.25, 0.3) is 28.2 Å². The summed E-state index contributed by atoms with van der Waals surface area (Å²) >= 11 is 5.95. The number of hydrogen-bond acceptors (Lipinski definition) is 4. The molecule has 1 heterocycles. The second-order valence-corrected chi connectivity index (χ2v) is 9.31. The predicted molar refractivity (Wildman–Crippen MR) is 159 cm³/mol. The lowest BCUT2D eigenvalue weighted by Gasteiger charge is -2.15. The molecule has 4 aromatic carbocycles. The molecular weight excluding hydrogens is 522 g/mol. The lowest BCUT2D eigenvalue weighted by Crippen LogP contribution is -2.17. The van der Waals surface area contributed by atoms with E-state index in [1.54, 1.807) is 49.5 Å². The normalized spacial score (nSPS) is 10.9. The van der Waals surface area contributed by atoms with E-state index >= 15 is 0 Å². The van der Waals surface area contributed by atoms with E-state index < -0.39 is 0 Å². The summed E-state index contributed by atoms with van der Waals surface area (Å²) in [5.74, 6) is -0.705. The van der Waals surface area contributed by atoms with Crippen molar-refractivity contribution >= 4 is 29.7 Å². The molecule has 7 heteroatoms. The van der Waals surface area contributed by atoms with Crippen molar-refractivity contribution < 1.29 is 14.3 Å². The minimum absolute atomic E-state index is 0.311. The van der Waals surface area contributed by atoms with Gasteiger partial charge in [-0.05, 0) is 72.6 Å². The van der Waals surface area contributed by atoms with E-state index in [0.29, 0.717) is 22.8 Å². The molecule has 0 aliphatic carbocycles. The van der Waals surface area contributed by atoms with Crippen molar-refractivity contribution in [3.63, 3.8) is 0 Å². The number of ether oxygens (including phenoxy) is 1. The summed E-state index contributed by atoms with van der Waals surface area (Å²) in [6.07, 6.45) is 1.64. The van der Waals surface area contributed by atoms with Crippen molar-refractivity contribution in [3.05, 3.63) is 137 Å². The van der Waals surface area contributed by atoms with E-state index in [9.17, 15) is 9.59 Å². The maximum absolute atomic E-state index is 12.6. The molecule has 0 atom stereocenters. The van der Waals surface area contributed by atoms with Gasteiger partial charge >= 0.3 is 5.97 Å². The third kappa shape index (κ3) is 5.87. The van der Waals surface area contributed by atoms with Gasteiger partial charge in [-0.15, -0.1) is 0 Å². The fourth-order valence-electron chi connectivity index (χ4n) is 4.40. The number of hydrazone groups is 1. The highest BCUT2D eigenvalue weighted by Crippen LogP contribution is 2.35.